The van der Waals surface area contributed by atoms with Crippen molar-refractivity contribution in [2.24, 2.45) is 0 Å². The van der Waals surface area contributed by atoms with Crippen molar-refractivity contribution in [2.45, 2.75) is 44.6 Å². The summed E-state index contributed by atoms with van der Waals surface area (Å²) in [5.74, 6) is -0.578. The second-order valence-corrected chi connectivity index (χ2v) is 9.50. The highest BCUT2D eigenvalue weighted by atomic mass is 35.5. The Morgan fingerprint density at radius 1 is 1.04 bits per heavy atom. The molecule has 0 amide bonds. The van der Waals surface area contributed by atoms with Gasteiger partial charge in [0.15, 0.2) is 0 Å². The molecule has 0 saturated carbocycles. The lowest BCUT2D eigenvalue weighted by Gasteiger charge is -2.26. The summed E-state index contributed by atoms with van der Waals surface area (Å²) in [5, 5.41) is 0.108. The van der Waals surface area contributed by atoms with Gasteiger partial charge in [-0.15, -0.1) is 0 Å². The molecular formula is C21H24ClNO4S. The zero-order valence-corrected chi connectivity index (χ0v) is 17.6. The molecule has 0 atom stereocenters. The monoisotopic (exact) mass is 421 g/mol. The van der Waals surface area contributed by atoms with Gasteiger partial charge in [0.05, 0.1) is 10.6 Å². The van der Waals surface area contributed by atoms with Crippen LogP contribution >= 0.6 is 11.6 Å². The molecule has 1 aliphatic rings. The van der Waals surface area contributed by atoms with Crippen LogP contribution in [0.25, 0.3) is 0 Å². The molecule has 0 aliphatic carbocycles. The first kappa shape index (κ1) is 20.8. The lowest BCUT2D eigenvalue weighted by atomic mass is 10.1. The standard InChI is InChI=1S/C21H24ClNO4S/c1-15-10-16(2)12-17(11-15)14-27-21(24)18-6-7-19(22)20(13-18)28(25,26)23-8-4-3-5-9-23/h6-7,10-13H,3-5,8-9,14H2,1-2H3. The molecule has 1 saturated heterocycles. The maximum absolute atomic E-state index is 12.9. The average Bonchev–Trinajstić information content (AvgIpc) is 2.66. The summed E-state index contributed by atoms with van der Waals surface area (Å²) >= 11 is 6.15. The molecule has 3 rings (SSSR count). The second-order valence-electron chi connectivity index (χ2n) is 7.18. The molecule has 0 unspecified atom stereocenters. The SMILES string of the molecule is Cc1cc(C)cc(COC(=O)c2ccc(Cl)c(S(=O)(=O)N3CCCCC3)c2)c1. The Morgan fingerprint density at radius 2 is 1.68 bits per heavy atom. The van der Waals surface area contributed by atoms with Gasteiger partial charge in [-0.3, -0.25) is 0 Å². The quantitative estimate of drug-likeness (QED) is 0.667. The first-order valence-electron chi connectivity index (χ1n) is 9.31. The van der Waals surface area contributed by atoms with Gasteiger partial charge in [-0.25, -0.2) is 13.2 Å². The third-order valence-electron chi connectivity index (χ3n) is 4.75. The minimum atomic E-state index is -3.73. The van der Waals surface area contributed by atoms with E-state index in [1.807, 2.05) is 32.0 Å². The molecule has 1 fully saturated rings. The fourth-order valence-corrected chi connectivity index (χ4v) is 5.47. The summed E-state index contributed by atoms with van der Waals surface area (Å²) in [6, 6.07) is 10.2. The Hall–Kier alpha value is -1.89. The van der Waals surface area contributed by atoms with Gasteiger partial charge in [-0.1, -0.05) is 47.3 Å². The zero-order chi connectivity index (χ0) is 20.3. The number of hydrogen-bond donors (Lipinski definition) is 0. The fourth-order valence-electron chi connectivity index (χ4n) is 3.46. The Kier molecular flexibility index (Phi) is 6.43. The van der Waals surface area contributed by atoms with Gasteiger partial charge < -0.3 is 4.74 Å². The highest BCUT2D eigenvalue weighted by molar-refractivity contribution is 7.89. The van der Waals surface area contributed by atoms with Crippen molar-refractivity contribution in [2.75, 3.05) is 13.1 Å². The maximum atomic E-state index is 12.9. The van der Waals surface area contributed by atoms with E-state index >= 15 is 0 Å². The third kappa shape index (κ3) is 4.74. The number of hydrogen-bond acceptors (Lipinski definition) is 4. The van der Waals surface area contributed by atoms with E-state index in [1.165, 1.54) is 22.5 Å². The first-order valence-corrected chi connectivity index (χ1v) is 11.1. The number of sulfonamides is 1. The number of carbonyl (C=O) groups is 1. The number of aryl methyl sites for hydroxylation is 2. The van der Waals surface area contributed by atoms with Crippen LogP contribution in [0.3, 0.4) is 0 Å². The number of nitrogens with zero attached hydrogens (tertiary/aromatic N) is 1. The van der Waals surface area contributed by atoms with Crippen molar-refractivity contribution in [1.82, 2.24) is 4.31 Å². The van der Waals surface area contributed by atoms with Gasteiger partial charge >= 0.3 is 5.97 Å². The van der Waals surface area contributed by atoms with Crippen molar-refractivity contribution in [1.29, 1.82) is 0 Å². The van der Waals surface area contributed by atoms with Crippen LogP contribution in [0, 0.1) is 13.8 Å². The Balaban J connectivity index is 1.79. The van der Waals surface area contributed by atoms with Gasteiger partial charge in [0.1, 0.15) is 11.5 Å². The molecule has 2 aromatic rings. The Labute approximate surface area is 171 Å². The Bertz CT molecular complexity index is 962. The van der Waals surface area contributed by atoms with Gasteiger partial charge in [-0.2, -0.15) is 4.31 Å². The highest BCUT2D eigenvalue weighted by Gasteiger charge is 2.29. The molecular weight excluding hydrogens is 398 g/mol. The van der Waals surface area contributed by atoms with Crippen molar-refractivity contribution < 1.29 is 17.9 Å². The first-order chi connectivity index (χ1) is 13.3. The number of rotatable bonds is 5. The number of halogens is 1. The number of benzene rings is 2. The number of piperidine rings is 1. The molecule has 28 heavy (non-hydrogen) atoms. The highest BCUT2D eigenvalue weighted by Crippen LogP contribution is 2.28. The molecule has 0 spiro atoms. The van der Waals surface area contributed by atoms with Crippen LogP contribution in [0.2, 0.25) is 5.02 Å². The van der Waals surface area contributed by atoms with E-state index in [-0.39, 0.29) is 22.1 Å². The molecule has 0 aromatic heterocycles. The molecule has 1 aliphatic heterocycles. The fraction of sp³-hybridized carbons (Fsp3) is 0.381. The van der Waals surface area contributed by atoms with Crippen molar-refractivity contribution >= 4 is 27.6 Å². The van der Waals surface area contributed by atoms with E-state index in [1.54, 1.807) is 0 Å². The molecule has 0 N–H and O–H groups in total. The van der Waals surface area contributed by atoms with Gasteiger partial charge in [0.2, 0.25) is 10.0 Å². The van der Waals surface area contributed by atoms with Crippen LogP contribution in [-0.4, -0.2) is 31.8 Å². The molecule has 2 aromatic carbocycles. The van der Waals surface area contributed by atoms with Gasteiger partial charge in [0, 0.05) is 13.1 Å². The van der Waals surface area contributed by atoms with E-state index < -0.39 is 16.0 Å². The van der Waals surface area contributed by atoms with E-state index in [9.17, 15) is 13.2 Å². The van der Waals surface area contributed by atoms with Gasteiger partial charge in [0.25, 0.3) is 0 Å². The summed E-state index contributed by atoms with van der Waals surface area (Å²) in [5.41, 5.74) is 3.24. The van der Waals surface area contributed by atoms with Crippen molar-refractivity contribution in [3.8, 4) is 0 Å². The van der Waals surface area contributed by atoms with E-state index in [2.05, 4.69) is 0 Å². The largest absolute Gasteiger partial charge is 0.457 e. The molecule has 150 valence electrons. The van der Waals surface area contributed by atoms with E-state index in [0.29, 0.717) is 13.1 Å². The molecule has 0 bridgehead atoms. The minimum Gasteiger partial charge on any atom is -0.457 e. The van der Waals surface area contributed by atoms with E-state index in [0.717, 1.165) is 36.0 Å². The summed E-state index contributed by atoms with van der Waals surface area (Å²) in [6.07, 6.45) is 2.67. The predicted molar refractivity (Wildman–Crippen MR) is 109 cm³/mol. The van der Waals surface area contributed by atoms with Crippen LogP contribution < -0.4 is 0 Å². The zero-order valence-electron chi connectivity index (χ0n) is 16.1. The topological polar surface area (TPSA) is 63.7 Å². The predicted octanol–water partition coefficient (Wildman–Crippen LogP) is 4.49. The third-order valence-corrected chi connectivity index (χ3v) is 7.13. The van der Waals surface area contributed by atoms with Crippen LogP contribution in [-0.2, 0) is 21.4 Å². The van der Waals surface area contributed by atoms with Crippen molar-refractivity contribution in [3.63, 3.8) is 0 Å². The molecule has 7 heteroatoms. The molecule has 0 radical (unpaired) electrons. The summed E-state index contributed by atoms with van der Waals surface area (Å²) in [6.45, 7) is 5.03. The van der Waals surface area contributed by atoms with Crippen molar-refractivity contribution in [3.05, 3.63) is 63.7 Å². The average molecular weight is 422 g/mol. The van der Waals surface area contributed by atoms with E-state index in [4.69, 9.17) is 16.3 Å². The molecule has 1 heterocycles. The number of ether oxygens (including phenoxy) is 1. The van der Waals surface area contributed by atoms with Crippen LogP contribution in [0.4, 0.5) is 0 Å². The maximum Gasteiger partial charge on any atom is 0.338 e. The summed E-state index contributed by atoms with van der Waals surface area (Å²) in [4.78, 5) is 12.4. The number of esters is 1. The second kappa shape index (κ2) is 8.64. The lowest BCUT2D eigenvalue weighted by Crippen LogP contribution is -2.35. The van der Waals surface area contributed by atoms with Gasteiger partial charge in [-0.05, 0) is 50.5 Å². The number of carbonyl (C=O) groups excluding carboxylic acids is 1. The van der Waals surface area contributed by atoms with Crippen LogP contribution in [0.15, 0.2) is 41.3 Å². The van der Waals surface area contributed by atoms with Crippen LogP contribution in [0.1, 0.15) is 46.3 Å². The van der Waals surface area contributed by atoms with Crippen LogP contribution in [0.5, 0.6) is 0 Å². The summed E-state index contributed by atoms with van der Waals surface area (Å²) in [7, 11) is -3.73. The minimum absolute atomic E-state index is 0.0445. The smallest absolute Gasteiger partial charge is 0.338 e. The Morgan fingerprint density at radius 3 is 2.32 bits per heavy atom. The lowest BCUT2D eigenvalue weighted by molar-refractivity contribution is 0.0472. The molecule has 5 nitrogen and oxygen atoms in total. The summed E-state index contributed by atoms with van der Waals surface area (Å²) < 4.78 is 32.7. The normalized spacial score (nSPS) is 15.4.